The molecule has 0 saturated carbocycles. The van der Waals surface area contributed by atoms with Crippen molar-refractivity contribution in [1.82, 2.24) is 14.8 Å². The second-order valence-electron chi connectivity index (χ2n) is 10.1. The van der Waals surface area contributed by atoms with E-state index in [1.807, 2.05) is 63.2 Å². The highest BCUT2D eigenvalue weighted by Crippen LogP contribution is 2.40. The van der Waals surface area contributed by atoms with Crippen LogP contribution >= 0.6 is 11.8 Å². The largest absolute Gasteiger partial charge is 0.492 e. The summed E-state index contributed by atoms with van der Waals surface area (Å²) in [7, 11) is 0. The Balaban J connectivity index is 1.77. The van der Waals surface area contributed by atoms with E-state index in [2.05, 4.69) is 31.4 Å². The van der Waals surface area contributed by atoms with Crippen LogP contribution in [0.25, 0.3) is 0 Å². The van der Waals surface area contributed by atoms with Gasteiger partial charge >= 0.3 is 0 Å². The van der Waals surface area contributed by atoms with Gasteiger partial charge in [0.25, 0.3) is 5.91 Å². The predicted molar refractivity (Wildman–Crippen MR) is 164 cm³/mol. The average molecular weight is 580 g/mol. The number of nitrogens with one attached hydrogen (secondary N) is 2. The molecule has 0 radical (unpaired) electrons. The molecule has 4 rings (SSSR count). The minimum atomic E-state index is -0.544. The van der Waals surface area contributed by atoms with E-state index >= 15 is 0 Å². The van der Waals surface area contributed by atoms with E-state index in [1.165, 1.54) is 0 Å². The van der Waals surface area contributed by atoms with Crippen LogP contribution in [0, 0.1) is 5.92 Å². The molecule has 2 N–H and O–H groups in total. The van der Waals surface area contributed by atoms with E-state index in [1.54, 1.807) is 16.4 Å². The summed E-state index contributed by atoms with van der Waals surface area (Å²) in [6, 6.07) is 12.7. The van der Waals surface area contributed by atoms with Gasteiger partial charge in [0, 0.05) is 11.4 Å². The maximum absolute atomic E-state index is 14.0. The molecule has 1 aliphatic heterocycles. The van der Waals surface area contributed by atoms with Gasteiger partial charge in [-0.05, 0) is 69.4 Å². The molecule has 3 aromatic rings. The Hall–Kier alpha value is -3.66. The molecule has 0 spiro atoms. The lowest BCUT2D eigenvalue weighted by atomic mass is 9.94. The van der Waals surface area contributed by atoms with E-state index in [0.29, 0.717) is 71.0 Å². The molecule has 0 aliphatic carbocycles. The van der Waals surface area contributed by atoms with Gasteiger partial charge in [-0.15, -0.1) is 5.10 Å². The Morgan fingerprint density at radius 3 is 2.54 bits per heavy atom. The number of fused-ring (bicyclic) bond motifs is 1. The smallest absolute Gasteiger partial charge is 0.255 e. The molecule has 1 aliphatic rings. The van der Waals surface area contributed by atoms with E-state index in [-0.39, 0.29) is 5.91 Å². The van der Waals surface area contributed by atoms with Gasteiger partial charge in [0.1, 0.15) is 11.8 Å². The summed E-state index contributed by atoms with van der Waals surface area (Å²) >= 11 is 1.59. The number of amides is 1. The van der Waals surface area contributed by atoms with E-state index in [4.69, 9.17) is 24.3 Å². The molecule has 0 saturated heterocycles. The van der Waals surface area contributed by atoms with Gasteiger partial charge in [-0.3, -0.25) is 4.79 Å². The first kappa shape index (κ1) is 30.3. The van der Waals surface area contributed by atoms with Crippen LogP contribution in [-0.2, 0) is 4.79 Å². The van der Waals surface area contributed by atoms with Gasteiger partial charge < -0.3 is 24.8 Å². The maximum Gasteiger partial charge on any atom is 0.255 e. The van der Waals surface area contributed by atoms with Crippen LogP contribution in [0.4, 0.5) is 11.6 Å². The molecule has 1 amide bonds. The number of aromatic nitrogens is 3. The van der Waals surface area contributed by atoms with E-state index in [9.17, 15) is 4.79 Å². The van der Waals surface area contributed by atoms with Crippen molar-refractivity contribution in [2.75, 3.05) is 36.2 Å². The lowest BCUT2D eigenvalue weighted by Crippen LogP contribution is -2.31. The zero-order valence-corrected chi connectivity index (χ0v) is 25.6. The summed E-state index contributed by atoms with van der Waals surface area (Å²) in [6.07, 6.45) is 1.92. The van der Waals surface area contributed by atoms with Crippen molar-refractivity contribution in [3.8, 4) is 17.2 Å². The van der Waals surface area contributed by atoms with Crippen molar-refractivity contribution < 1.29 is 19.0 Å². The third kappa shape index (κ3) is 7.35. The number of nitrogens with zero attached hydrogens (tertiary/aromatic N) is 3. The predicted octanol–water partition coefficient (Wildman–Crippen LogP) is 6.93. The summed E-state index contributed by atoms with van der Waals surface area (Å²) in [5.74, 6) is 3.67. The van der Waals surface area contributed by atoms with Crippen LogP contribution in [0.15, 0.2) is 58.9 Å². The third-order valence-electron chi connectivity index (χ3n) is 6.48. The first-order valence-corrected chi connectivity index (χ1v) is 15.3. The first-order valence-electron chi connectivity index (χ1n) is 14.4. The van der Waals surface area contributed by atoms with Crippen LogP contribution < -0.4 is 24.8 Å². The highest BCUT2D eigenvalue weighted by Gasteiger charge is 2.35. The number of benzene rings is 2. The molecule has 1 aromatic heterocycles. The zero-order chi connectivity index (χ0) is 29.4. The Kier molecular flexibility index (Phi) is 10.6. The number of allylic oxidation sites excluding steroid dienone is 1. The number of hydrogen-bond acceptors (Lipinski definition) is 8. The molecular formula is C31H41N5O4S. The third-order valence-corrected chi connectivity index (χ3v) is 7.53. The van der Waals surface area contributed by atoms with Crippen molar-refractivity contribution in [3.63, 3.8) is 0 Å². The minimum Gasteiger partial charge on any atom is -0.492 e. The van der Waals surface area contributed by atoms with Crippen molar-refractivity contribution in [3.05, 3.63) is 59.3 Å². The first-order chi connectivity index (χ1) is 19.9. The number of ether oxygens (including phenoxy) is 3. The molecule has 0 bridgehead atoms. The molecular weight excluding hydrogens is 538 g/mol. The molecule has 1 atom stereocenters. The van der Waals surface area contributed by atoms with Gasteiger partial charge in [-0.2, -0.15) is 4.98 Å². The van der Waals surface area contributed by atoms with Crippen LogP contribution in [0.2, 0.25) is 0 Å². The number of anilines is 2. The number of hydrogen-bond donors (Lipinski definition) is 2. The van der Waals surface area contributed by atoms with Gasteiger partial charge in [0.05, 0.1) is 31.1 Å². The topological polar surface area (TPSA) is 99.5 Å². The second-order valence-corrected chi connectivity index (χ2v) is 11.2. The Morgan fingerprint density at radius 1 is 1.05 bits per heavy atom. The summed E-state index contributed by atoms with van der Waals surface area (Å²) < 4.78 is 19.7. The summed E-state index contributed by atoms with van der Waals surface area (Å²) in [6.45, 7) is 13.8. The molecule has 41 heavy (non-hydrogen) atoms. The van der Waals surface area contributed by atoms with Crippen molar-refractivity contribution in [1.29, 1.82) is 0 Å². The van der Waals surface area contributed by atoms with E-state index < -0.39 is 6.04 Å². The van der Waals surface area contributed by atoms with Crippen molar-refractivity contribution >= 4 is 29.3 Å². The SMILES string of the molecule is CCCSc1nc2n(n1)C(c1ccc(OCC)c(OCCC(C)C)c1)C(C(=O)Nc1ccccc1OCC)=C(C)N2. The monoisotopic (exact) mass is 579 g/mol. The van der Waals surface area contributed by atoms with Crippen molar-refractivity contribution in [2.45, 2.75) is 65.6 Å². The molecule has 10 heteroatoms. The lowest BCUT2D eigenvalue weighted by molar-refractivity contribution is -0.113. The Bertz CT molecular complexity index is 1370. The minimum absolute atomic E-state index is 0.257. The van der Waals surface area contributed by atoms with Crippen LogP contribution in [-0.4, -0.2) is 46.2 Å². The molecule has 9 nitrogen and oxygen atoms in total. The number of carbonyl (C=O) groups excluding carboxylic acids is 1. The maximum atomic E-state index is 14.0. The molecule has 1 unspecified atom stereocenters. The number of carbonyl (C=O) groups is 1. The molecule has 2 heterocycles. The lowest BCUT2D eigenvalue weighted by Gasteiger charge is -2.29. The standard InChI is InChI=1S/C31H41N5O4S/c1-7-18-41-31-34-30-32-21(6)27(29(37)33-23-12-10-11-13-24(23)38-8-2)28(36(30)35-31)22-14-15-25(39-9-3)26(19-22)40-17-16-20(4)5/h10-15,19-20,28H,7-9,16-18H2,1-6H3,(H,33,37)(H,32,34,35). The molecule has 220 valence electrons. The highest BCUT2D eigenvalue weighted by atomic mass is 32.2. The molecule has 2 aromatic carbocycles. The van der Waals surface area contributed by atoms with E-state index in [0.717, 1.165) is 24.2 Å². The van der Waals surface area contributed by atoms with Crippen molar-refractivity contribution in [2.24, 2.45) is 5.92 Å². The average Bonchev–Trinajstić information content (AvgIpc) is 3.35. The zero-order valence-electron chi connectivity index (χ0n) is 24.8. The van der Waals surface area contributed by atoms with Crippen LogP contribution in [0.3, 0.4) is 0 Å². The van der Waals surface area contributed by atoms with Crippen LogP contribution in [0.5, 0.6) is 17.2 Å². The quantitative estimate of drug-likeness (QED) is 0.198. The van der Waals surface area contributed by atoms with Gasteiger partial charge in [-0.25, -0.2) is 4.68 Å². The fourth-order valence-electron chi connectivity index (χ4n) is 4.52. The van der Waals surface area contributed by atoms with Gasteiger partial charge in [-0.1, -0.05) is 50.7 Å². The number of para-hydroxylation sites is 2. The second kappa shape index (κ2) is 14.3. The Labute approximate surface area is 247 Å². The highest BCUT2D eigenvalue weighted by molar-refractivity contribution is 7.99. The van der Waals surface area contributed by atoms with Gasteiger partial charge in [0.2, 0.25) is 11.1 Å². The van der Waals surface area contributed by atoms with Crippen LogP contribution in [0.1, 0.15) is 66.0 Å². The van der Waals surface area contributed by atoms with Gasteiger partial charge in [0.15, 0.2) is 11.5 Å². The fraction of sp³-hybridized carbons (Fsp3) is 0.452. The summed E-state index contributed by atoms with van der Waals surface area (Å²) in [4.78, 5) is 18.8. The Morgan fingerprint density at radius 2 is 1.80 bits per heavy atom. The number of thioether (sulfide) groups is 1. The summed E-state index contributed by atoms with van der Waals surface area (Å²) in [5, 5.41) is 11.9. The fourth-order valence-corrected chi connectivity index (χ4v) is 5.20. The molecule has 0 fully saturated rings. The summed E-state index contributed by atoms with van der Waals surface area (Å²) in [5.41, 5.74) is 2.67. The normalized spacial score (nSPS) is 14.5. The number of rotatable bonds is 14.